The Labute approximate surface area is 316 Å². The van der Waals surface area contributed by atoms with Crippen LogP contribution in [0.3, 0.4) is 0 Å². The summed E-state index contributed by atoms with van der Waals surface area (Å²) in [7, 11) is 1.40. The molecule has 54 heavy (non-hydrogen) atoms. The van der Waals surface area contributed by atoms with E-state index in [0.717, 1.165) is 13.0 Å². The Morgan fingerprint density at radius 3 is 2.56 bits per heavy atom. The van der Waals surface area contributed by atoms with E-state index < -0.39 is 17.8 Å². The zero-order valence-corrected chi connectivity index (χ0v) is 30.9. The average molecular weight is 758 g/mol. The molecule has 0 aliphatic carbocycles. The van der Waals surface area contributed by atoms with Gasteiger partial charge in [0, 0.05) is 75.1 Å². The van der Waals surface area contributed by atoms with Crippen molar-refractivity contribution in [1.29, 1.82) is 5.26 Å². The highest BCUT2D eigenvalue weighted by Gasteiger charge is 2.34. The van der Waals surface area contributed by atoms with Gasteiger partial charge in [0.25, 0.3) is 0 Å². The first-order valence-corrected chi connectivity index (χ1v) is 18.0. The van der Waals surface area contributed by atoms with E-state index >= 15 is 4.39 Å². The molecule has 3 saturated heterocycles. The molecule has 2 aromatic carbocycles. The molecule has 280 valence electrons. The van der Waals surface area contributed by atoms with Gasteiger partial charge in [-0.1, -0.05) is 35.9 Å². The van der Waals surface area contributed by atoms with Crippen LogP contribution in [0.15, 0.2) is 54.9 Å². The second kappa shape index (κ2) is 17.2. The second-order valence-electron chi connectivity index (χ2n) is 13.0. The largest absolute Gasteiger partial charge is 0.467 e. The summed E-state index contributed by atoms with van der Waals surface area (Å²) in [4.78, 5) is 40.3. The molecule has 0 saturated carbocycles. The number of aryl methyl sites for hydroxylation is 1. The number of halogens is 4. The predicted octanol–water partition coefficient (Wildman–Crippen LogP) is 6.97. The molecule has 15 heteroatoms. The Kier molecular flexibility index (Phi) is 12.2. The standard InChI is InChI=1S/C30H24ClF2N7O2.C7H12FN.C2H3N/c1-17-34-11-10-19(36-17)7-9-23(41)39-12-14-40(15-13-39)29-21-16-35-27(26(33)28(21)37-30(38-29)42-2)20-5-3-4-18-6-8-22(32)25(31)24(18)20;8-6-4-7-2-1-3-9(7)5-6;1-2-3/h3-11,16H,12-15H2,1-2H3;6-7H,1-5H2;1H3/b9-7+;;. The number of pyridine rings is 1. The molecular weight excluding hydrogens is 719 g/mol. The minimum Gasteiger partial charge on any atom is -0.467 e. The highest BCUT2D eigenvalue weighted by molar-refractivity contribution is 6.36. The first-order chi connectivity index (χ1) is 26.1. The van der Waals surface area contributed by atoms with Crippen LogP contribution >= 0.6 is 11.6 Å². The van der Waals surface area contributed by atoms with Crippen molar-refractivity contribution in [2.45, 2.75) is 45.3 Å². The van der Waals surface area contributed by atoms with Crippen molar-refractivity contribution in [2.75, 3.05) is 51.3 Å². The monoisotopic (exact) mass is 757 g/mol. The molecule has 0 spiro atoms. The first-order valence-electron chi connectivity index (χ1n) is 17.6. The van der Waals surface area contributed by atoms with Gasteiger partial charge in [-0.3, -0.25) is 14.7 Å². The van der Waals surface area contributed by atoms with E-state index in [9.17, 15) is 13.6 Å². The molecule has 6 heterocycles. The van der Waals surface area contributed by atoms with Crippen LogP contribution in [0.2, 0.25) is 5.02 Å². The lowest BCUT2D eigenvalue weighted by Crippen LogP contribution is -2.48. The van der Waals surface area contributed by atoms with Crippen molar-refractivity contribution in [1.82, 2.24) is 34.7 Å². The smallest absolute Gasteiger partial charge is 0.318 e. The summed E-state index contributed by atoms with van der Waals surface area (Å²) in [5.41, 5.74) is 0.980. The number of methoxy groups -OCH3 is 1. The number of alkyl halides is 1. The van der Waals surface area contributed by atoms with Gasteiger partial charge < -0.3 is 14.5 Å². The number of carbonyl (C=O) groups is 1. The Morgan fingerprint density at radius 2 is 1.83 bits per heavy atom. The molecule has 0 N–H and O–H groups in total. The zero-order chi connectivity index (χ0) is 38.4. The zero-order valence-electron chi connectivity index (χ0n) is 30.1. The Morgan fingerprint density at radius 1 is 1.06 bits per heavy atom. The van der Waals surface area contributed by atoms with E-state index in [-0.39, 0.29) is 28.2 Å². The van der Waals surface area contributed by atoms with Crippen LogP contribution in [0.1, 0.15) is 37.7 Å². The number of amides is 1. The number of carbonyl (C=O) groups excluding carboxylic acids is 1. The van der Waals surface area contributed by atoms with Gasteiger partial charge in [0.05, 0.1) is 29.3 Å². The quantitative estimate of drug-likeness (QED) is 0.174. The SMILES string of the molecule is CC#N.COc1nc(N2CCN(C(=O)/C=C/c3ccnc(C)n3)CC2)c2cnc(-c3cccc4ccc(F)c(Cl)c34)c(F)c2n1.FC1CC2CCCN2C1. The Balaban J connectivity index is 0.000000352. The molecule has 3 aliphatic heterocycles. The van der Waals surface area contributed by atoms with Crippen LogP contribution in [-0.4, -0.2) is 99.2 Å². The Bertz CT molecular complexity index is 2210. The normalized spacial score (nSPS) is 18.2. The molecule has 3 aliphatic rings. The summed E-state index contributed by atoms with van der Waals surface area (Å²) in [6.07, 6.45) is 9.11. The lowest BCUT2D eigenvalue weighted by atomic mass is 10.0. The Hall–Kier alpha value is -5.39. The fraction of sp³-hybridized carbons (Fsp3) is 0.359. The fourth-order valence-electron chi connectivity index (χ4n) is 7.04. The van der Waals surface area contributed by atoms with Crippen molar-refractivity contribution < 1.29 is 22.7 Å². The molecule has 3 fully saturated rings. The van der Waals surface area contributed by atoms with E-state index in [0.29, 0.717) is 77.8 Å². The number of rotatable bonds is 5. The number of hydrogen-bond donors (Lipinski definition) is 0. The number of aromatic nitrogens is 5. The number of benzene rings is 2. The summed E-state index contributed by atoms with van der Waals surface area (Å²) >= 11 is 6.30. The first kappa shape index (κ1) is 38.3. The molecule has 5 aromatic rings. The minimum absolute atomic E-state index is 0.00737. The van der Waals surface area contributed by atoms with Crippen molar-refractivity contribution in [3.8, 4) is 23.3 Å². The van der Waals surface area contributed by atoms with E-state index in [4.69, 9.17) is 21.6 Å². The van der Waals surface area contributed by atoms with Crippen LogP contribution in [0.4, 0.5) is 19.0 Å². The molecule has 2 atom stereocenters. The van der Waals surface area contributed by atoms with Gasteiger partial charge in [-0.2, -0.15) is 15.2 Å². The highest BCUT2D eigenvalue weighted by atomic mass is 35.5. The maximum absolute atomic E-state index is 16.2. The summed E-state index contributed by atoms with van der Waals surface area (Å²) in [5.74, 6) is -0.393. The van der Waals surface area contributed by atoms with Gasteiger partial charge >= 0.3 is 6.01 Å². The average Bonchev–Trinajstić information content (AvgIpc) is 3.77. The van der Waals surface area contributed by atoms with Gasteiger partial charge in [-0.15, -0.1) is 0 Å². The molecule has 1 amide bonds. The summed E-state index contributed by atoms with van der Waals surface area (Å²) < 4.78 is 48.4. The fourth-order valence-corrected chi connectivity index (χ4v) is 7.32. The molecule has 8 rings (SSSR count). The summed E-state index contributed by atoms with van der Waals surface area (Å²) in [6.45, 7) is 6.82. The highest BCUT2D eigenvalue weighted by Crippen LogP contribution is 2.38. The minimum atomic E-state index is -0.707. The number of hydrogen-bond acceptors (Lipinski definition) is 10. The van der Waals surface area contributed by atoms with Crippen LogP contribution < -0.4 is 9.64 Å². The maximum atomic E-state index is 16.2. The summed E-state index contributed by atoms with van der Waals surface area (Å²) in [6, 6.07) is 12.1. The second-order valence-corrected chi connectivity index (χ2v) is 13.4. The summed E-state index contributed by atoms with van der Waals surface area (Å²) in [5, 5.41) is 8.60. The predicted molar refractivity (Wildman–Crippen MR) is 202 cm³/mol. The van der Waals surface area contributed by atoms with Crippen LogP contribution in [-0.2, 0) is 4.79 Å². The van der Waals surface area contributed by atoms with E-state index in [2.05, 4.69) is 29.8 Å². The molecule has 0 bridgehead atoms. The van der Waals surface area contributed by atoms with E-state index in [1.807, 2.05) is 4.90 Å². The topological polar surface area (TPSA) is 124 Å². The van der Waals surface area contributed by atoms with E-state index in [1.165, 1.54) is 45.2 Å². The number of ether oxygens (including phenoxy) is 1. The lowest BCUT2D eigenvalue weighted by molar-refractivity contribution is -0.126. The third-order valence-corrected chi connectivity index (χ3v) is 9.93. The van der Waals surface area contributed by atoms with Crippen molar-refractivity contribution in [3.63, 3.8) is 0 Å². The number of anilines is 1. The maximum Gasteiger partial charge on any atom is 0.318 e. The number of nitrogens with zero attached hydrogens (tertiary/aromatic N) is 9. The van der Waals surface area contributed by atoms with Gasteiger partial charge in [-0.25, -0.2) is 23.1 Å². The van der Waals surface area contributed by atoms with Crippen LogP contribution in [0.5, 0.6) is 6.01 Å². The van der Waals surface area contributed by atoms with Gasteiger partial charge in [0.15, 0.2) is 5.82 Å². The molecule has 3 aromatic heterocycles. The van der Waals surface area contributed by atoms with Crippen molar-refractivity contribution in [2.24, 2.45) is 0 Å². The van der Waals surface area contributed by atoms with Crippen molar-refractivity contribution >= 4 is 51.1 Å². The molecule has 11 nitrogen and oxygen atoms in total. The van der Waals surface area contributed by atoms with Crippen LogP contribution in [0.25, 0.3) is 39.0 Å². The third-order valence-electron chi connectivity index (χ3n) is 9.56. The van der Waals surface area contributed by atoms with Crippen LogP contribution in [0, 0.1) is 29.9 Å². The number of nitriles is 1. The number of fused-ring (bicyclic) bond motifs is 3. The van der Waals surface area contributed by atoms with Gasteiger partial charge in [0.1, 0.15) is 34.8 Å². The third kappa shape index (κ3) is 8.37. The lowest BCUT2D eigenvalue weighted by Gasteiger charge is -2.35. The molecule has 2 unspecified atom stereocenters. The molecular formula is C39H39ClF3N9O2. The van der Waals surface area contributed by atoms with Gasteiger partial charge in [-0.05, 0) is 56.3 Å². The van der Waals surface area contributed by atoms with Crippen molar-refractivity contribution in [3.05, 3.63) is 83.0 Å². The number of piperazine rings is 1. The van der Waals surface area contributed by atoms with E-state index in [1.54, 1.807) is 60.5 Å². The molecule has 0 radical (unpaired) electrons. The van der Waals surface area contributed by atoms with Gasteiger partial charge in [0.2, 0.25) is 5.91 Å².